The SMILES string of the molecule is Cc1nc(-c2nc3cnn(C4CCNCC4)c(=O)c3s2)cc2cn(C)nc12. The van der Waals surface area contributed by atoms with Crippen LogP contribution in [0.1, 0.15) is 24.6 Å². The van der Waals surface area contributed by atoms with Crippen molar-refractivity contribution in [1.82, 2.24) is 34.8 Å². The van der Waals surface area contributed by atoms with Crippen molar-refractivity contribution in [2.24, 2.45) is 7.05 Å². The third-order valence-corrected chi connectivity index (χ3v) is 6.10. The van der Waals surface area contributed by atoms with Crippen LogP contribution in [-0.2, 0) is 7.05 Å². The predicted molar refractivity (Wildman–Crippen MR) is 105 cm³/mol. The number of nitrogens with zero attached hydrogens (tertiary/aromatic N) is 6. The molecule has 4 aromatic rings. The Labute approximate surface area is 158 Å². The van der Waals surface area contributed by atoms with E-state index in [1.165, 1.54) is 11.3 Å². The van der Waals surface area contributed by atoms with E-state index in [-0.39, 0.29) is 11.6 Å². The van der Waals surface area contributed by atoms with Crippen molar-refractivity contribution in [3.63, 3.8) is 0 Å². The molecule has 4 aromatic heterocycles. The first-order valence-electron chi connectivity index (χ1n) is 9.00. The number of hydrogen-bond acceptors (Lipinski definition) is 7. The second-order valence-electron chi connectivity index (χ2n) is 6.94. The zero-order valence-corrected chi connectivity index (χ0v) is 16.0. The van der Waals surface area contributed by atoms with Crippen LogP contribution < -0.4 is 10.9 Å². The van der Waals surface area contributed by atoms with Crippen LogP contribution in [0, 0.1) is 6.92 Å². The zero-order chi connectivity index (χ0) is 18.5. The van der Waals surface area contributed by atoms with Gasteiger partial charge in [-0.3, -0.25) is 9.48 Å². The van der Waals surface area contributed by atoms with Crippen molar-refractivity contribution in [3.8, 4) is 10.7 Å². The molecule has 1 saturated heterocycles. The average Bonchev–Trinajstić information content (AvgIpc) is 3.26. The van der Waals surface area contributed by atoms with Crippen LogP contribution in [-0.4, -0.2) is 42.6 Å². The average molecular weight is 381 g/mol. The molecule has 8 nitrogen and oxygen atoms in total. The van der Waals surface area contributed by atoms with Crippen LogP contribution in [0.5, 0.6) is 0 Å². The summed E-state index contributed by atoms with van der Waals surface area (Å²) in [5, 5.41) is 13.9. The van der Waals surface area contributed by atoms with Gasteiger partial charge in [0.15, 0.2) is 0 Å². The van der Waals surface area contributed by atoms with Gasteiger partial charge in [0, 0.05) is 18.6 Å². The van der Waals surface area contributed by atoms with E-state index < -0.39 is 0 Å². The summed E-state index contributed by atoms with van der Waals surface area (Å²) in [6.45, 7) is 3.77. The Morgan fingerprint density at radius 2 is 2.07 bits per heavy atom. The highest BCUT2D eigenvalue weighted by molar-refractivity contribution is 7.21. The van der Waals surface area contributed by atoms with Crippen LogP contribution in [0.4, 0.5) is 0 Å². The number of rotatable bonds is 2. The Hall–Kier alpha value is -2.65. The third-order valence-electron chi connectivity index (χ3n) is 5.01. The van der Waals surface area contributed by atoms with Gasteiger partial charge in [0.2, 0.25) is 0 Å². The maximum atomic E-state index is 13.0. The van der Waals surface area contributed by atoms with Gasteiger partial charge in [-0.2, -0.15) is 10.2 Å². The van der Waals surface area contributed by atoms with Gasteiger partial charge in [-0.05, 0) is 38.9 Å². The van der Waals surface area contributed by atoms with Gasteiger partial charge in [-0.1, -0.05) is 0 Å². The Balaban J connectivity index is 1.62. The van der Waals surface area contributed by atoms with Gasteiger partial charge in [0.05, 0.1) is 17.9 Å². The Kier molecular flexibility index (Phi) is 3.80. The van der Waals surface area contributed by atoms with E-state index in [0.29, 0.717) is 10.2 Å². The summed E-state index contributed by atoms with van der Waals surface area (Å²) in [5.41, 5.74) is 3.09. The molecule has 0 amide bonds. The zero-order valence-electron chi connectivity index (χ0n) is 15.1. The molecule has 0 bridgehead atoms. The van der Waals surface area contributed by atoms with Crippen molar-refractivity contribution in [2.45, 2.75) is 25.8 Å². The standard InChI is InChI=1S/C18H19N7OS/c1-10-15-11(9-24(2)23-15)7-13(21-10)17-22-14-8-20-25(18(26)16(14)27-17)12-3-5-19-6-4-12/h7-9,12,19H,3-6H2,1-2H3. The summed E-state index contributed by atoms with van der Waals surface area (Å²) >= 11 is 1.39. The number of piperidine rings is 1. The Bertz CT molecular complexity index is 1220. The number of aryl methyl sites for hydroxylation is 2. The van der Waals surface area contributed by atoms with Crippen LogP contribution in [0.15, 0.2) is 23.3 Å². The minimum absolute atomic E-state index is 0.0534. The summed E-state index contributed by atoms with van der Waals surface area (Å²) in [6, 6.07) is 2.13. The molecule has 0 aromatic carbocycles. The minimum atomic E-state index is -0.0534. The normalized spacial score (nSPS) is 15.8. The van der Waals surface area contributed by atoms with E-state index in [9.17, 15) is 4.79 Å². The first-order valence-corrected chi connectivity index (χ1v) is 9.82. The monoisotopic (exact) mass is 381 g/mol. The number of fused-ring (bicyclic) bond motifs is 2. The molecule has 1 aliphatic rings. The molecule has 0 unspecified atom stereocenters. The largest absolute Gasteiger partial charge is 0.317 e. The van der Waals surface area contributed by atoms with E-state index in [4.69, 9.17) is 0 Å². The van der Waals surface area contributed by atoms with Gasteiger partial charge in [0.1, 0.15) is 26.4 Å². The van der Waals surface area contributed by atoms with Crippen molar-refractivity contribution in [2.75, 3.05) is 13.1 Å². The molecule has 0 aliphatic carbocycles. The fourth-order valence-corrected chi connectivity index (χ4v) is 4.61. The second-order valence-corrected chi connectivity index (χ2v) is 7.94. The smallest absolute Gasteiger partial charge is 0.286 e. The van der Waals surface area contributed by atoms with Gasteiger partial charge < -0.3 is 5.32 Å². The molecule has 0 radical (unpaired) electrons. The Morgan fingerprint density at radius 3 is 2.89 bits per heavy atom. The van der Waals surface area contributed by atoms with Gasteiger partial charge in [-0.15, -0.1) is 11.3 Å². The van der Waals surface area contributed by atoms with Gasteiger partial charge in [0.25, 0.3) is 5.56 Å². The summed E-state index contributed by atoms with van der Waals surface area (Å²) in [4.78, 5) is 22.3. The summed E-state index contributed by atoms with van der Waals surface area (Å²) in [5.74, 6) is 0. The van der Waals surface area contributed by atoms with Crippen molar-refractivity contribution < 1.29 is 0 Å². The van der Waals surface area contributed by atoms with Crippen LogP contribution >= 0.6 is 11.3 Å². The molecular weight excluding hydrogens is 362 g/mol. The lowest BCUT2D eigenvalue weighted by atomic mass is 10.1. The predicted octanol–water partition coefficient (Wildman–Crippen LogP) is 2.03. The highest BCUT2D eigenvalue weighted by Crippen LogP contribution is 2.30. The number of hydrogen-bond donors (Lipinski definition) is 1. The minimum Gasteiger partial charge on any atom is -0.317 e. The molecule has 0 spiro atoms. The molecular formula is C18H19N7OS. The number of pyridine rings is 1. The molecule has 1 fully saturated rings. The van der Waals surface area contributed by atoms with Crippen LogP contribution in [0.2, 0.25) is 0 Å². The van der Waals surface area contributed by atoms with E-state index in [1.807, 2.05) is 26.2 Å². The maximum Gasteiger partial charge on any atom is 0.286 e. The Morgan fingerprint density at radius 1 is 1.26 bits per heavy atom. The van der Waals surface area contributed by atoms with E-state index in [2.05, 4.69) is 25.5 Å². The lowest BCUT2D eigenvalue weighted by molar-refractivity contribution is 0.333. The first-order chi connectivity index (χ1) is 13.1. The van der Waals surface area contributed by atoms with Gasteiger partial charge in [-0.25, -0.2) is 14.6 Å². The molecule has 1 aliphatic heterocycles. The fourth-order valence-electron chi connectivity index (χ4n) is 3.68. The first kappa shape index (κ1) is 16.5. The second kappa shape index (κ2) is 6.21. The molecule has 27 heavy (non-hydrogen) atoms. The topological polar surface area (TPSA) is 90.5 Å². The molecule has 138 valence electrons. The molecule has 0 saturated carbocycles. The lowest BCUT2D eigenvalue weighted by Gasteiger charge is -2.23. The number of thiazole rings is 1. The number of aromatic nitrogens is 6. The highest BCUT2D eigenvalue weighted by Gasteiger charge is 2.20. The third kappa shape index (κ3) is 2.74. The van der Waals surface area contributed by atoms with Crippen molar-refractivity contribution >= 4 is 32.5 Å². The molecule has 0 atom stereocenters. The molecule has 9 heteroatoms. The quantitative estimate of drug-likeness (QED) is 0.571. The maximum absolute atomic E-state index is 13.0. The molecule has 5 heterocycles. The molecule has 5 rings (SSSR count). The van der Waals surface area contributed by atoms with Crippen molar-refractivity contribution in [3.05, 3.63) is 34.5 Å². The molecule has 1 N–H and O–H groups in total. The van der Waals surface area contributed by atoms with E-state index in [1.54, 1.807) is 15.6 Å². The summed E-state index contributed by atoms with van der Waals surface area (Å²) in [7, 11) is 1.89. The van der Waals surface area contributed by atoms with E-state index in [0.717, 1.165) is 53.2 Å². The van der Waals surface area contributed by atoms with Crippen molar-refractivity contribution in [1.29, 1.82) is 0 Å². The highest BCUT2D eigenvalue weighted by atomic mass is 32.1. The van der Waals surface area contributed by atoms with Crippen LogP contribution in [0.3, 0.4) is 0 Å². The summed E-state index contributed by atoms with van der Waals surface area (Å²) < 4.78 is 4.06. The number of nitrogens with one attached hydrogen (secondary N) is 1. The van der Waals surface area contributed by atoms with E-state index >= 15 is 0 Å². The lowest BCUT2D eigenvalue weighted by Crippen LogP contribution is -2.35. The van der Waals surface area contributed by atoms with Crippen LogP contribution in [0.25, 0.3) is 31.8 Å². The summed E-state index contributed by atoms with van der Waals surface area (Å²) in [6.07, 6.45) is 5.51. The van der Waals surface area contributed by atoms with Gasteiger partial charge >= 0.3 is 0 Å². The fraction of sp³-hybridized carbons (Fsp3) is 0.389.